The Morgan fingerprint density at radius 2 is 1.77 bits per heavy atom. The fourth-order valence-electron chi connectivity index (χ4n) is 4.99. The van der Waals surface area contributed by atoms with Crippen molar-refractivity contribution >= 4 is 22.5 Å². The Bertz CT molecular complexity index is 1600. The molecule has 2 aromatic carbocycles. The summed E-state index contributed by atoms with van der Waals surface area (Å²) in [5.41, 5.74) is 2.08. The standard InChI is InChI=1S/C26H26ClN3O5/c1-26(2)13-35-23(15-8-11-17(31)18(12-15)34-5)22-21-19(24(32)29(4)25(33)28(21)3)20(30(22)26)14-6-9-16(27)10-7-14/h6-12,23,31H,13H2,1-5H3/t23-/m0/s1. The van der Waals surface area contributed by atoms with Crippen LogP contribution in [-0.4, -0.2) is 32.5 Å². The lowest BCUT2D eigenvalue weighted by atomic mass is 9.97. The van der Waals surface area contributed by atoms with Crippen LogP contribution in [0.1, 0.15) is 31.2 Å². The molecule has 3 heterocycles. The molecule has 0 bridgehead atoms. The third-order valence-electron chi connectivity index (χ3n) is 6.69. The predicted molar refractivity (Wildman–Crippen MR) is 135 cm³/mol. The lowest BCUT2D eigenvalue weighted by molar-refractivity contribution is -0.00716. The predicted octanol–water partition coefficient (Wildman–Crippen LogP) is 3.93. The zero-order chi connectivity index (χ0) is 25.2. The van der Waals surface area contributed by atoms with Crippen molar-refractivity contribution in [3.05, 3.63) is 79.6 Å². The van der Waals surface area contributed by atoms with Crippen molar-refractivity contribution in [1.82, 2.24) is 13.7 Å². The maximum atomic E-state index is 13.6. The Hall–Kier alpha value is -3.49. The normalized spacial score (nSPS) is 16.9. The average Bonchev–Trinajstić information content (AvgIpc) is 3.20. The Morgan fingerprint density at radius 3 is 2.43 bits per heavy atom. The van der Waals surface area contributed by atoms with Gasteiger partial charge in [-0.1, -0.05) is 29.8 Å². The van der Waals surface area contributed by atoms with E-state index in [1.807, 2.05) is 26.0 Å². The molecule has 1 N–H and O–H groups in total. The highest BCUT2D eigenvalue weighted by Crippen LogP contribution is 2.46. The molecule has 0 saturated carbocycles. The molecule has 0 spiro atoms. The van der Waals surface area contributed by atoms with E-state index in [1.165, 1.54) is 18.7 Å². The van der Waals surface area contributed by atoms with Crippen LogP contribution in [0.15, 0.2) is 52.1 Å². The molecule has 0 saturated heterocycles. The van der Waals surface area contributed by atoms with Crippen LogP contribution in [-0.2, 0) is 24.4 Å². The molecule has 4 aromatic rings. The van der Waals surface area contributed by atoms with Gasteiger partial charge >= 0.3 is 5.69 Å². The van der Waals surface area contributed by atoms with E-state index >= 15 is 0 Å². The third kappa shape index (κ3) is 3.39. The van der Waals surface area contributed by atoms with Crippen LogP contribution >= 0.6 is 11.6 Å². The number of hydrogen-bond donors (Lipinski definition) is 1. The van der Waals surface area contributed by atoms with Gasteiger partial charge in [0.25, 0.3) is 5.56 Å². The molecule has 0 radical (unpaired) electrons. The minimum atomic E-state index is -0.612. The van der Waals surface area contributed by atoms with Gasteiger partial charge in [0.2, 0.25) is 0 Å². The maximum Gasteiger partial charge on any atom is 0.331 e. The quantitative estimate of drug-likeness (QED) is 0.465. The van der Waals surface area contributed by atoms with Gasteiger partial charge < -0.3 is 19.1 Å². The number of hydrogen-bond acceptors (Lipinski definition) is 5. The maximum absolute atomic E-state index is 13.6. The Labute approximate surface area is 206 Å². The summed E-state index contributed by atoms with van der Waals surface area (Å²) in [5, 5.41) is 11.2. The van der Waals surface area contributed by atoms with E-state index in [-0.39, 0.29) is 11.3 Å². The van der Waals surface area contributed by atoms with Gasteiger partial charge in [-0.05, 0) is 49.2 Å². The van der Waals surface area contributed by atoms with E-state index in [2.05, 4.69) is 4.57 Å². The molecule has 9 heteroatoms. The number of ether oxygens (including phenoxy) is 2. The van der Waals surface area contributed by atoms with E-state index < -0.39 is 17.3 Å². The lowest BCUT2D eigenvalue weighted by Gasteiger charge is -2.39. The first-order valence-corrected chi connectivity index (χ1v) is 11.5. The summed E-state index contributed by atoms with van der Waals surface area (Å²) in [4.78, 5) is 26.6. The van der Waals surface area contributed by atoms with E-state index in [1.54, 1.807) is 37.4 Å². The van der Waals surface area contributed by atoms with Crippen LogP contribution in [0.2, 0.25) is 5.02 Å². The first-order chi connectivity index (χ1) is 16.6. The van der Waals surface area contributed by atoms with Gasteiger partial charge in [0.1, 0.15) is 6.10 Å². The number of rotatable bonds is 3. The van der Waals surface area contributed by atoms with E-state index in [0.29, 0.717) is 39.7 Å². The minimum absolute atomic E-state index is 0.00996. The minimum Gasteiger partial charge on any atom is -0.504 e. The summed E-state index contributed by atoms with van der Waals surface area (Å²) in [6, 6.07) is 12.3. The van der Waals surface area contributed by atoms with Crippen molar-refractivity contribution in [2.45, 2.75) is 25.5 Å². The molecule has 1 aliphatic heterocycles. The molecule has 0 amide bonds. The van der Waals surface area contributed by atoms with Crippen LogP contribution in [0.3, 0.4) is 0 Å². The summed E-state index contributed by atoms with van der Waals surface area (Å²) < 4.78 is 16.4. The number of benzene rings is 2. The van der Waals surface area contributed by atoms with Crippen LogP contribution in [0.5, 0.6) is 11.5 Å². The molecular weight excluding hydrogens is 470 g/mol. The number of halogens is 1. The summed E-state index contributed by atoms with van der Waals surface area (Å²) in [6.45, 7) is 4.42. The highest BCUT2D eigenvalue weighted by atomic mass is 35.5. The van der Waals surface area contributed by atoms with Crippen molar-refractivity contribution in [2.75, 3.05) is 13.7 Å². The second-order valence-electron chi connectivity index (χ2n) is 9.44. The number of aromatic nitrogens is 3. The molecule has 5 rings (SSSR count). The van der Waals surface area contributed by atoms with E-state index in [9.17, 15) is 14.7 Å². The number of aromatic hydroxyl groups is 1. The second kappa shape index (κ2) is 8.03. The fourth-order valence-corrected chi connectivity index (χ4v) is 5.12. The molecule has 35 heavy (non-hydrogen) atoms. The SMILES string of the molecule is COc1cc([C@@H]2OCC(C)(C)n3c(-c4ccc(Cl)cc4)c4c(=O)n(C)c(=O)n(C)c4c32)ccc1O. The number of nitrogens with zero attached hydrogens (tertiary/aromatic N) is 3. The van der Waals surface area contributed by atoms with Crippen molar-refractivity contribution in [3.8, 4) is 22.8 Å². The first kappa shape index (κ1) is 23.3. The van der Waals surface area contributed by atoms with Crippen LogP contribution in [0.25, 0.3) is 22.2 Å². The van der Waals surface area contributed by atoms with Crippen molar-refractivity contribution < 1.29 is 14.6 Å². The van der Waals surface area contributed by atoms with Gasteiger partial charge in [-0.2, -0.15) is 0 Å². The highest BCUT2D eigenvalue weighted by Gasteiger charge is 2.40. The molecule has 2 aromatic heterocycles. The molecule has 0 fully saturated rings. The first-order valence-electron chi connectivity index (χ1n) is 11.2. The number of phenolic OH excluding ortho intramolecular Hbond substituents is 1. The van der Waals surface area contributed by atoms with Gasteiger partial charge in [-0.3, -0.25) is 13.9 Å². The lowest BCUT2D eigenvalue weighted by Crippen LogP contribution is -2.40. The molecule has 0 aliphatic carbocycles. The number of methoxy groups -OCH3 is 1. The molecule has 182 valence electrons. The molecular formula is C26H26ClN3O5. The fraction of sp³-hybridized carbons (Fsp3) is 0.308. The molecule has 8 nitrogen and oxygen atoms in total. The summed E-state index contributed by atoms with van der Waals surface area (Å²) in [7, 11) is 4.62. The van der Waals surface area contributed by atoms with E-state index in [0.717, 1.165) is 15.7 Å². The van der Waals surface area contributed by atoms with Gasteiger partial charge in [0, 0.05) is 19.1 Å². The Kier molecular flexibility index (Phi) is 5.34. The van der Waals surface area contributed by atoms with E-state index in [4.69, 9.17) is 21.1 Å². The van der Waals surface area contributed by atoms with Crippen molar-refractivity contribution in [3.63, 3.8) is 0 Å². The van der Waals surface area contributed by atoms with Gasteiger partial charge in [0.15, 0.2) is 11.5 Å². The van der Waals surface area contributed by atoms with Gasteiger partial charge in [-0.25, -0.2) is 4.79 Å². The molecule has 1 atom stereocenters. The van der Waals surface area contributed by atoms with Gasteiger partial charge in [-0.15, -0.1) is 0 Å². The third-order valence-corrected chi connectivity index (χ3v) is 6.94. The summed E-state index contributed by atoms with van der Waals surface area (Å²) in [5.74, 6) is 0.317. The molecule has 0 unspecified atom stereocenters. The number of fused-ring (bicyclic) bond motifs is 3. The largest absolute Gasteiger partial charge is 0.504 e. The summed E-state index contributed by atoms with van der Waals surface area (Å²) in [6.07, 6.45) is -0.612. The van der Waals surface area contributed by atoms with Crippen LogP contribution in [0, 0.1) is 0 Å². The number of aryl methyl sites for hydroxylation is 1. The van der Waals surface area contributed by atoms with Crippen LogP contribution in [0.4, 0.5) is 0 Å². The average molecular weight is 496 g/mol. The number of phenols is 1. The monoisotopic (exact) mass is 495 g/mol. The smallest absolute Gasteiger partial charge is 0.331 e. The second-order valence-corrected chi connectivity index (χ2v) is 9.88. The van der Waals surface area contributed by atoms with Crippen molar-refractivity contribution in [1.29, 1.82) is 0 Å². The van der Waals surface area contributed by atoms with Crippen molar-refractivity contribution in [2.24, 2.45) is 14.1 Å². The Balaban J connectivity index is 1.97. The van der Waals surface area contributed by atoms with Gasteiger partial charge in [0.05, 0.1) is 41.5 Å². The zero-order valence-electron chi connectivity index (χ0n) is 20.1. The topological polar surface area (TPSA) is 87.6 Å². The van der Waals surface area contributed by atoms with Crippen LogP contribution < -0.4 is 16.0 Å². The highest BCUT2D eigenvalue weighted by molar-refractivity contribution is 6.30. The zero-order valence-corrected chi connectivity index (χ0v) is 20.9. The summed E-state index contributed by atoms with van der Waals surface area (Å²) >= 11 is 6.17. The Morgan fingerprint density at radius 1 is 1.09 bits per heavy atom. The molecule has 1 aliphatic rings.